The van der Waals surface area contributed by atoms with E-state index in [9.17, 15) is 4.79 Å². The number of terminal acetylenes is 1. The molecule has 0 aromatic carbocycles. The molecule has 4 heterocycles. The molecule has 8 nitrogen and oxygen atoms in total. The van der Waals surface area contributed by atoms with E-state index in [1.165, 1.54) is 0 Å². The van der Waals surface area contributed by atoms with Crippen molar-refractivity contribution in [2.45, 2.75) is 13.3 Å². The fraction of sp³-hybridized carbons (Fsp3) is 0.474. The molecule has 2 aromatic rings. The van der Waals surface area contributed by atoms with Gasteiger partial charge in [-0.2, -0.15) is 10.1 Å². The first-order valence-electron chi connectivity index (χ1n) is 9.12. The van der Waals surface area contributed by atoms with E-state index >= 15 is 0 Å². The number of aryl methyl sites for hydroxylation is 1. The van der Waals surface area contributed by atoms with Crippen LogP contribution in [0.1, 0.15) is 13.3 Å². The molecule has 0 saturated carbocycles. The van der Waals surface area contributed by atoms with Crippen LogP contribution in [0.15, 0.2) is 18.6 Å². The van der Waals surface area contributed by atoms with Crippen molar-refractivity contribution in [3.63, 3.8) is 0 Å². The van der Waals surface area contributed by atoms with Crippen LogP contribution in [0.3, 0.4) is 0 Å². The Morgan fingerprint density at radius 3 is 2.93 bits per heavy atom. The average Bonchev–Trinajstić information content (AvgIpc) is 3.28. The van der Waals surface area contributed by atoms with E-state index in [0.29, 0.717) is 29.3 Å². The summed E-state index contributed by atoms with van der Waals surface area (Å²) in [6.07, 6.45) is 10.6. The molecule has 2 atom stereocenters. The van der Waals surface area contributed by atoms with Gasteiger partial charge in [0.25, 0.3) is 0 Å². The van der Waals surface area contributed by atoms with Crippen LogP contribution >= 0.6 is 11.6 Å². The molecule has 2 aliphatic heterocycles. The normalized spacial score (nSPS) is 23.6. The fourth-order valence-corrected chi connectivity index (χ4v) is 4.36. The van der Waals surface area contributed by atoms with Gasteiger partial charge in [-0.1, -0.05) is 24.4 Å². The lowest BCUT2D eigenvalue weighted by molar-refractivity contribution is -0.129. The lowest BCUT2D eigenvalue weighted by Crippen LogP contribution is -2.35. The van der Waals surface area contributed by atoms with Crippen LogP contribution in [0.5, 0.6) is 0 Å². The van der Waals surface area contributed by atoms with Crippen LogP contribution in [0.2, 0.25) is 5.02 Å². The summed E-state index contributed by atoms with van der Waals surface area (Å²) in [7, 11) is 1.85. The van der Waals surface area contributed by atoms with E-state index < -0.39 is 0 Å². The molecular formula is C19H22ClN7O. The lowest BCUT2D eigenvalue weighted by atomic mass is 9.83. The van der Waals surface area contributed by atoms with Gasteiger partial charge in [-0.05, 0) is 0 Å². The van der Waals surface area contributed by atoms with Crippen LogP contribution < -0.4 is 10.2 Å². The number of anilines is 3. The van der Waals surface area contributed by atoms with Gasteiger partial charge in [0.05, 0.1) is 24.5 Å². The summed E-state index contributed by atoms with van der Waals surface area (Å²) >= 11 is 6.41. The third kappa shape index (κ3) is 3.38. The van der Waals surface area contributed by atoms with E-state index in [-0.39, 0.29) is 17.7 Å². The fourth-order valence-electron chi connectivity index (χ4n) is 4.15. The number of likely N-dealkylation sites (tertiary alicyclic amines) is 1. The first kappa shape index (κ1) is 18.6. The maximum absolute atomic E-state index is 12.2. The quantitative estimate of drug-likeness (QED) is 0.791. The van der Waals surface area contributed by atoms with Crippen molar-refractivity contribution in [3.8, 4) is 12.3 Å². The van der Waals surface area contributed by atoms with Crippen molar-refractivity contribution in [1.82, 2.24) is 24.6 Å². The predicted molar refractivity (Wildman–Crippen MR) is 107 cm³/mol. The second-order valence-corrected chi connectivity index (χ2v) is 8.19. The molecule has 0 spiro atoms. The molecule has 28 heavy (non-hydrogen) atoms. The Morgan fingerprint density at radius 2 is 2.25 bits per heavy atom. The standard InChI is InChI=1S/C19H22ClN7O/c1-4-5-16(28)26-8-13-9-27(12-19(13,2)11-26)17-15(20)7-21-18(24-17)23-14-6-22-25(3)10-14/h1,6-7,10,13H,5,8-9,11-12H2,2-3H3,(H,21,23,24)/t13-,19+/m1/s1. The number of carbonyl (C=O) groups is 1. The Balaban J connectivity index is 1.50. The minimum atomic E-state index is -0.00448. The summed E-state index contributed by atoms with van der Waals surface area (Å²) in [5, 5.41) is 7.79. The maximum atomic E-state index is 12.2. The highest BCUT2D eigenvalue weighted by atomic mass is 35.5. The average molecular weight is 400 g/mol. The molecule has 0 bridgehead atoms. The predicted octanol–water partition coefficient (Wildman–Crippen LogP) is 1.92. The number of hydrogen-bond donors (Lipinski definition) is 1. The van der Waals surface area contributed by atoms with Crippen LogP contribution in [0.25, 0.3) is 0 Å². The van der Waals surface area contributed by atoms with Gasteiger partial charge in [0, 0.05) is 50.8 Å². The topological polar surface area (TPSA) is 79.2 Å². The van der Waals surface area contributed by atoms with E-state index in [1.807, 2.05) is 18.1 Å². The first-order chi connectivity index (χ1) is 13.4. The number of nitrogens with one attached hydrogen (secondary N) is 1. The van der Waals surface area contributed by atoms with E-state index in [1.54, 1.807) is 17.1 Å². The van der Waals surface area contributed by atoms with Gasteiger partial charge in [0.2, 0.25) is 11.9 Å². The second kappa shape index (κ2) is 6.99. The molecule has 0 unspecified atom stereocenters. The molecule has 2 saturated heterocycles. The maximum Gasteiger partial charge on any atom is 0.234 e. The number of carbonyl (C=O) groups excluding carboxylic acids is 1. The zero-order valence-electron chi connectivity index (χ0n) is 15.9. The number of fused-ring (bicyclic) bond motifs is 1. The molecule has 2 fully saturated rings. The number of halogens is 1. The van der Waals surface area contributed by atoms with E-state index in [0.717, 1.165) is 25.3 Å². The molecule has 2 aromatic heterocycles. The summed E-state index contributed by atoms with van der Waals surface area (Å²) in [6, 6.07) is 0. The van der Waals surface area contributed by atoms with Gasteiger partial charge in [-0.15, -0.1) is 6.42 Å². The minimum absolute atomic E-state index is 0.00448. The van der Waals surface area contributed by atoms with Crippen LogP contribution in [0.4, 0.5) is 17.5 Å². The largest absolute Gasteiger partial charge is 0.354 e. The molecule has 9 heteroatoms. The van der Waals surface area contributed by atoms with Crippen molar-refractivity contribution in [2.75, 3.05) is 36.4 Å². The Kier molecular flexibility index (Phi) is 4.63. The second-order valence-electron chi connectivity index (χ2n) is 7.78. The highest BCUT2D eigenvalue weighted by Gasteiger charge is 2.50. The van der Waals surface area contributed by atoms with Crippen LogP contribution in [-0.2, 0) is 11.8 Å². The zero-order chi connectivity index (χ0) is 19.9. The molecule has 1 amide bonds. The minimum Gasteiger partial charge on any atom is -0.354 e. The highest BCUT2D eigenvalue weighted by molar-refractivity contribution is 6.32. The van der Waals surface area contributed by atoms with Gasteiger partial charge in [-0.3, -0.25) is 9.48 Å². The monoisotopic (exact) mass is 399 g/mol. The zero-order valence-corrected chi connectivity index (χ0v) is 16.6. The molecule has 0 radical (unpaired) electrons. The Labute approximate surface area is 168 Å². The number of rotatable bonds is 4. The van der Waals surface area contributed by atoms with Crippen molar-refractivity contribution >= 4 is 35.0 Å². The molecule has 146 valence electrons. The summed E-state index contributed by atoms with van der Waals surface area (Å²) in [5.74, 6) is 4.02. The SMILES string of the molecule is C#CCC(=O)N1C[C@@H]2CN(c3nc(Nc4cnn(C)c4)ncc3Cl)C[C@]2(C)C1. The van der Waals surface area contributed by atoms with Crippen molar-refractivity contribution in [3.05, 3.63) is 23.6 Å². The molecule has 2 aliphatic rings. The van der Waals surface area contributed by atoms with Gasteiger partial charge in [-0.25, -0.2) is 4.98 Å². The molecule has 4 rings (SSSR count). The van der Waals surface area contributed by atoms with Crippen molar-refractivity contribution in [2.24, 2.45) is 18.4 Å². The van der Waals surface area contributed by atoms with Gasteiger partial charge in [0.1, 0.15) is 5.02 Å². The number of amides is 1. The smallest absolute Gasteiger partial charge is 0.234 e. The van der Waals surface area contributed by atoms with E-state index in [4.69, 9.17) is 18.0 Å². The molecule has 1 N–H and O–H groups in total. The number of nitrogens with zero attached hydrogens (tertiary/aromatic N) is 6. The van der Waals surface area contributed by atoms with Crippen LogP contribution in [0, 0.1) is 23.7 Å². The molecular weight excluding hydrogens is 378 g/mol. The van der Waals surface area contributed by atoms with Crippen LogP contribution in [-0.4, -0.2) is 56.7 Å². The van der Waals surface area contributed by atoms with Crippen molar-refractivity contribution in [1.29, 1.82) is 0 Å². The van der Waals surface area contributed by atoms with Gasteiger partial charge in [0.15, 0.2) is 5.82 Å². The first-order valence-corrected chi connectivity index (χ1v) is 9.50. The Hall–Kier alpha value is -2.79. The van der Waals surface area contributed by atoms with Crippen molar-refractivity contribution < 1.29 is 4.79 Å². The number of hydrogen-bond acceptors (Lipinski definition) is 6. The molecule has 0 aliphatic carbocycles. The third-order valence-corrected chi connectivity index (χ3v) is 5.83. The Morgan fingerprint density at radius 1 is 1.43 bits per heavy atom. The summed E-state index contributed by atoms with van der Waals surface area (Å²) in [4.78, 5) is 25.1. The third-order valence-electron chi connectivity index (χ3n) is 5.56. The van der Waals surface area contributed by atoms with Gasteiger partial charge < -0.3 is 15.1 Å². The van der Waals surface area contributed by atoms with E-state index in [2.05, 4.69) is 38.1 Å². The highest BCUT2D eigenvalue weighted by Crippen LogP contribution is 2.44. The summed E-state index contributed by atoms with van der Waals surface area (Å²) in [6.45, 7) is 5.21. The lowest BCUT2D eigenvalue weighted by Gasteiger charge is -2.26. The number of aromatic nitrogens is 4. The van der Waals surface area contributed by atoms with Gasteiger partial charge >= 0.3 is 0 Å². The Bertz CT molecular complexity index is 952. The summed E-state index contributed by atoms with van der Waals surface area (Å²) in [5.41, 5.74) is 0.804. The summed E-state index contributed by atoms with van der Waals surface area (Å²) < 4.78 is 1.70.